The van der Waals surface area contributed by atoms with Crippen molar-refractivity contribution in [2.75, 3.05) is 34.3 Å². The van der Waals surface area contributed by atoms with Crippen LogP contribution in [0.2, 0.25) is 0 Å². The van der Waals surface area contributed by atoms with E-state index in [4.69, 9.17) is 9.72 Å². The quantitative estimate of drug-likeness (QED) is 0.631. The molecule has 1 aliphatic heterocycles. The molecule has 0 bridgehead atoms. The van der Waals surface area contributed by atoms with Crippen molar-refractivity contribution in [3.8, 4) is 23.0 Å². The molecule has 0 radical (unpaired) electrons. The summed E-state index contributed by atoms with van der Waals surface area (Å²) in [5.41, 5.74) is 5.74. The number of ether oxygens (including phenoxy) is 1. The topological polar surface area (TPSA) is 76.4 Å². The molecule has 32 heavy (non-hydrogen) atoms. The summed E-state index contributed by atoms with van der Waals surface area (Å²) in [7, 11) is 5.80. The van der Waals surface area contributed by atoms with Crippen molar-refractivity contribution in [3.05, 3.63) is 53.0 Å². The number of rotatable bonds is 4. The molecule has 3 aromatic rings. The Kier molecular flexibility index (Phi) is 5.17. The number of benzene rings is 1. The van der Waals surface area contributed by atoms with Crippen LogP contribution < -0.4 is 4.74 Å². The SMILES string of the molecule is COc1ccc2c(c1)CCc1cnc(-n3ncc(C(=O)N4CCC(N(C)C)C4)c3C)nc1-2. The highest BCUT2D eigenvalue weighted by molar-refractivity contribution is 5.95. The fraction of sp³-hybridized carbons (Fsp3) is 0.417. The van der Waals surface area contributed by atoms with Gasteiger partial charge in [0.2, 0.25) is 0 Å². The minimum Gasteiger partial charge on any atom is -0.497 e. The van der Waals surface area contributed by atoms with E-state index in [-0.39, 0.29) is 5.91 Å². The zero-order valence-corrected chi connectivity index (χ0v) is 19.0. The third-order valence-electron chi connectivity index (χ3n) is 6.69. The van der Waals surface area contributed by atoms with E-state index in [1.165, 1.54) is 5.56 Å². The van der Waals surface area contributed by atoms with Gasteiger partial charge in [-0.1, -0.05) is 0 Å². The maximum atomic E-state index is 13.1. The van der Waals surface area contributed by atoms with E-state index >= 15 is 0 Å². The van der Waals surface area contributed by atoms with Crippen LogP contribution in [0.25, 0.3) is 17.2 Å². The lowest BCUT2D eigenvalue weighted by Crippen LogP contribution is -2.34. The Labute approximate surface area is 187 Å². The van der Waals surface area contributed by atoms with Gasteiger partial charge in [-0.2, -0.15) is 5.10 Å². The van der Waals surface area contributed by atoms with Gasteiger partial charge in [0.15, 0.2) is 0 Å². The number of fused-ring (bicyclic) bond motifs is 3. The Hall–Kier alpha value is -3.26. The normalized spacial score (nSPS) is 17.4. The average Bonchev–Trinajstić information content (AvgIpc) is 3.45. The van der Waals surface area contributed by atoms with Crippen molar-refractivity contribution in [2.45, 2.75) is 32.2 Å². The second kappa shape index (κ2) is 8.02. The van der Waals surface area contributed by atoms with Gasteiger partial charge in [-0.25, -0.2) is 14.6 Å². The highest BCUT2D eigenvalue weighted by atomic mass is 16.5. The van der Waals surface area contributed by atoms with Crippen LogP contribution in [0, 0.1) is 6.92 Å². The lowest BCUT2D eigenvalue weighted by molar-refractivity contribution is 0.0782. The molecular weight excluding hydrogens is 404 g/mol. The number of carbonyl (C=O) groups excluding carboxylic acids is 1. The number of hydrogen-bond acceptors (Lipinski definition) is 6. The number of nitrogens with zero attached hydrogens (tertiary/aromatic N) is 6. The molecule has 0 saturated carbocycles. The van der Waals surface area contributed by atoms with Crippen LogP contribution in [-0.4, -0.2) is 75.8 Å². The molecule has 0 N–H and O–H groups in total. The highest BCUT2D eigenvalue weighted by Gasteiger charge is 2.30. The highest BCUT2D eigenvalue weighted by Crippen LogP contribution is 2.34. The fourth-order valence-electron chi connectivity index (χ4n) is 4.66. The number of likely N-dealkylation sites (tertiary alicyclic amines) is 1. The number of hydrogen-bond donors (Lipinski definition) is 0. The van der Waals surface area contributed by atoms with Gasteiger partial charge in [0, 0.05) is 30.9 Å². The molecule has 2 aromatic heterocycles. The molecule has 1 atom stereocenters. The predicted octanol–water partition coefficient (Wildman–Crippen LogP) is 2.52. The molecule has 1 fully saturated rings. The summed E-state index contributed by atoms with van der Waals surface area (Å²) in [5.74, 6) is 1.36. The Bertz CT molecular complexity index is 1190. The molecule has 1 aromatic carbocycles. The summed E-state index contributed by atoms with van der Waals surface area (Å²) in [6.07, 6.45) is 6.34. The minimum atomic E-state index is 0.0218. The van der Waals surface area contributed by atoms with E-state index in [2.05, 4.69) is 41.2 Å². The number of aromatic nitrogens is 4. The van der Waals surface area contributed by atoms with Crippen LogP contribution in [0.3, 0.4) is 0 Å². The molecule has 1 unspecified atom stereocenters. The van der Waals surface area contributed by atoms with Gasteiger partial charge in [0.25, 0.3) is 11.9 Å². The van der Waals surface area contributed by atoms with Crippen LogP contribution in [0.15, 0.2) is 30.6 Å². The van der Waals surface area contributed by atoms with E-state index in [0.29, 0.717) is 17.6 Å². The molecule has 1 aliphatic carbocycles. The molecule has 8 nitrogen and oxygen atoms in total. The molecule has 5 rings (SSSR count). The predicted molar refractivity (Wildman–Crippen MR) is 121 cm³/mol. The van der Waals surface area contributed by atoms with Gasteiger partial charge in [0.05, 0.1) is 30.3 Å². The first kappa shape index (κ1) is 20.6. The van der Waals surface area contributed by atoms with Crippen molar-refractivity contribution in [1.82, 2.24) is 29.5 Å². The van der Waals surface area contributed by atoms with Gasteiger partial charge in [0.1, 0.15) is 5.75 Å². The smallest absolute Gasteiger partial charge is 0.257 e. The maximum Gasteiger partial charge on any atom is 0.257 e. The second-order valence-electron chi connectivity index (χ2n) is 8.78. The Morgan fingerprint density at radius 2 is 2.00 bits per heavy atom. The number of methoxy groups -OCH3 is 1. The summed E-state index contributed by atoms with van der Waals surface area (Å²) in [4.78, 5) is 26.7. The van der Waals surface area contributed by atoms with Crippen LogP contribution in [0.5, 0.6) is 5.75 Å². The Balaban J connectivity index is 1.46. The number of amides is 1. The summed E-state index contributed by atoms with van der Waals surface area (Å²) in [6, 6.07) is 6.50. The molecule has 8 heteroatoms. The first-order valence-corrected chi connectivity index (χ1v) is 11.0. The van der Waals surface area contributed by atoms with Gasteiger partial charge < -0.3 is 14.5 Å². The lowest BCUT2D eigenvalue weighted by atomic mass is 9.90. The van der Waals surface area contributed by atoms with Crippen LogP contribution in [0.1, 0.15) is 33.6 Å². The number of aryl methyl sites for hydroxylation is 2. The van der Waals surface area contributed by atoms with E-state index < -0.39 is 0 Å². The zero-order valence-electron chi connectivity index (χ0n) is 19.0. The van der Waals surface area contributed by atoms with Crippen LogP contribution in [0.4, 0.5) is 0 Å². The van der Waals surface area contributed by atoms with Gasteiger partial charge >= 0.3 is 0 Å². The minimum absolute atomic E-state index is 0.0218. The Morgan fingerprint density at radius 3 is 2.75 bits per heavy atom. The summed E-state index contributed by atoms with van der Waals surface area (Å²) in [6.45, 7) is 3.41. The second-order valence-corrected chi connectivity index (χ2v) is 8.78. The first-order valence-electron chi connectivity index (χ1n) is 11.0. The molecule has 2 aliphatic rings. The molecule has 166 valence electrons. The third-order valence-corrected chi connectivity index (χ3v) is 6.69. The molecule has 3 heterocycles. The van der Waals surface area contributed by atoms with Crippen molar-refractivity contribution in [2.24, 2.45) is 0 Å². The van der Waals surface area contributed by atoms with Crippen LogP contribution >= 0.6 is 0 Å². The van der Waals surface area contributed by atoms with Gasteiger partial charge in [-0.05, 0) is 69.6 Å². The monoisotopic (exact) mass is 432 g/mol. The molecule has 1 amide bonds. The zero-order chi connectivity index (χ0) is 22.4. The van der Waals surface area contributed by atoms with Crippen LogP contribution in [-0.2, 0) is 12.8 Å². The maximum absolute atomic E-state index is 13.1. The van der Waals surface area contributed by atoms with E-state index in [0.717, 1.165) is 60.6 Å². The van der Waals surface area contributed by atoms with Gasteiger partial charge in [-0.3, -0.25) is 4.79 Å². The van der Waals surface area contributed by atoms with Crippen molar-refractivity contribution >= 4 is 5.91 Å². The van der Waals surface area contributed by atoms with E-state index in [9.17, 15) is 4.79 Å². The largest absolute Gasteiger partial charge is 0.497 e. The lowest BCUT2D eigenvalue weighted by Gasteiger charge is -2.20. The average molecular weight is 433 g/mol. The summed E-state index contributed by atoms with van der Waals surface area (Å²) < 4.78 is 7.05. The van der Waals surface area contributed by atoms with Crippen molar-refractivity contribution in [3.63, 3.8) is 0 Å². The number of likely N-dealkylation sites (N-methyl/N-ethyl adjacent to an activating group) is 1. The molecule has 0 spiro atoms. The molecule has 1 saturated heterocycles. The van der Waals surface area contributed by atoms with E-state index in [1.54, 1.807) is 18.0 Å². The Morgan fingerprint density at radius 1 is 1.19 bits per heavy atom. The molecular formula is C24H28N6O2. The summed E-state index contributed by atoms with van der Waals surface area (Å²) >= 11 is 0. The van der Waals surface area contributed by atoms with E-state index in [1.807, 2.05) is 24.1 Å². The standard InChI is InChI=1S/C24H28N6O2/c1-15-21(23(31)29-10-9-18(14-29)28(2)3)13-26-30(15)24-25-12-17-6-5-16-11-19(32-4)7-8-20(16)22(17)27-24/h7-8,11-13,18H,5-6,9-10,14H2,1-4H3. The fourth-order valence-corrected chi connectivity index (χ4v) is 4.66. The summed E-state index contributed by atoms with van der Waals surface area (Å²) in [5, 5.41) is 4.48. The third kappa shape index (κ3) is 3.44. The van der Waals surface area contributed by atoms with Gasteiger partial charge in [-0.15, -0.1) is 0 Å². The van der Waals surface area contributed by atoms with Crippen molar-refractivity contribution in [1.29, 1.82) is 0 Å². The first-order chi connectivity index (χ1) is 15.5. The van der Waals surface area contributed by atoms with Crippen molar-refractivity contribution < 1.29 is 9.53 Å². The number of carbonyl (C=O) groups is 1.